The van der Waals surface area contributed by atoms with Crippen LogP contribution in [0.25, 0.3) is 16.6 Å². The summed E-state index contributed by atoms with van der Waals surface area (Å²) in [5, 5.41) is 17.9. The van der Waals surface area contributed by atoms with Gasteiger partial charge in [0.15, 0.2) is 11.5 Å². The van der Waals surface area contributed by atoms with Crippen molar-refractivity contribution in [2.75, 3.05) is 5.43 Å². The molecule has 0 fully saturated rings. The predicted molar refractivity (Wildman–Crippen MR) is 82.7 cm³/mol. The molecular formula is C14H12N8. The van der Waals surface area contributed by atoms with Crippen molar-refractivity contribution in [3.05, 3.63) is 48.4 Å². The van der Waals surface area contributed by atoms with Gasteiger partial charge in [-0.3, -0.25) is 10.1 Å². The van der Waals surface area contributed by atoms with E-state index in [1.165, 1.54) is 11.0 Å². The Morgan fingerprint density at radius 3 is 2.91 bits per heavy atom. The van der Waals surface area contributed by atoms with E-state index >= 15 is 0 Å². The molecule has 0 aliphatic carbocycles. The van der Waals surface area contributed by atoms with Gasteiger partial charge in [-0.2, -0.15) is 10.2 Å². The summed E-state index contributed by atoms with van der Waals surface area (Å²) in [7, 11) is 1.85. The quantitative estimate of drug-likeness (QED) is 0.456. The maximum Gasteiger partial charge on any atom is 0.197 e. The van der Waals surface area contributed by atoms with E-state index in [0.717, 1.165) is 10.9 Å². The highest BCUT2D eigenvalue weighted by Gasteiger charge is 2.13. The van der Waals surface area contributed by atoms with Crippen LogP contribution in [-0.4, -0.2) is 35.8 Å². The molecule has 8 nitrogen and oxygen atoms in total. The molecule has 0 radical (unpaired) electrons. The second-order valence-electron chi connectivity index (χ2n) is 4.77. The molecule has 1 N–H and O–H groups in total. The number of benzene rings is 1. The van der Waals surface area contributed by atoms with Crippen molar-refractivity contribution in [2.24, 2.45) is 12.1 Å². The molecule has 3 heterocycles. The fourth-order valence-corrected chi connectivity index (χ4v) is 2.24. The van der Waals surface area contributed by atoms with Gasteiger partial charge in [-0.1, -0.05) is 30.3 Å². The summed E-state index contributed by atoms with van der Waals surface area (Å²) >= 11 is 0. The molecule has 0 amide bonds. The van der Waals surface area contributed by atoms with Crippen LogP contribution >= 0.6 is 0 Å². The lowest BCUT2D eigenvalue weighted by Gasteiger charge is -2.01. The van der Waals surface area contributed by atoms with Crippen LogP contribution in [0.5, 0.6) is 0 Å². The first kappa shape index (κ1) is 12.5. The maximum atomic E-state index is 4.41. The van der Waals surface area contributed by atoms with Gasteiger partial charge in [0.1, 0.15) is 11.8 Å². The number of aromatic nitrogens is 6. The molecule has 108 valence electrons. The molecule has 1 aromatic carbocycles. The predicted octanol–water partition coefficient (Wildman–Crippen LogP) is 1.46. The molecule has 0 spiro atoms. The molecule has 4 aromatic rings. The van der Waals surface area contributed by atoms with Crippen LogP contribution in [0.2, 0.25) is 0 Å². The summed E-state index contributed by atoms with van der Waals surface area (Å²) in [6, 6.07) is 9.81. The van der Waals surface area contributed by atoms with Crippen LogP contribution in [0.1, 0.15) is 5.56 Å². The van der Waals surface area contributed by atoms with Crippen LogP contribution in [-0.2, 0) is 7.05 Å². The number of nitrogens with one attached hydrogen (secondary N) is 1. The molecule has 22 heavy (non-hydrogen) atoms. The highest BCUT2D eigenvalue weighted by atomic mass is 15.5. The second kappa shape index (κ2) is 4.92. The molecule has 0 saturated carbocycles. The summed E-state index contributed by atoms with van der Waals surface area (Å²) in [4.78, 5) is 4.20. The lowest BCUT2D eigenvalue weighted by Crippen LogP contribution is -2.02. The third kappa shape index (κ3) is 2.06. The Morgan fingerprint density at radius 2 is 2.05 bits per heavy atom. The molecule has 8 heteroatoms. The first-order chi connectivity index (χ1) is 10.8. The zero-order chi connectivity index (χ0) is 14.9. The number of nitrogens with zero attached hydrogens (tertiary/aromatic N) is 7. The first-order valence-electron chi connectivity index (χ1n) is 6.69. The summed E-state index contributed by atoms with van der Waals surface area (Å²) in [6.45, 7) is 0. The number of rotatable bonds is 3. The molecule has 3 aromatic heterocycles. The van der Waals surface area contributed by atoms with Gasteiger partial charge in [0.2, 0.25) is 0 Å². The summed E-state index contributed by atoms with van der Waals surface area (Å²) in [5.41, 5.74) is 5.29. The maximum absolute atomic E-state index is 4.41. The second-order valence-corrected chi connectivity index (χ2v) is 4.77. The van der Waals surface area contributed by atoms with Gasteiger partial charge < -0.3 is 0 Å². The van der Waals surface area contributed by atoms with Gasteiger partial charge >= 0.3 is 0 Å². The van der Waals surface area contributed by atoms with Crippen LogP contribution < -0.4 is 5.43 Å². The van der Waals surface area contributed by atoms with Crippen molar-refractivity contribution in [1.29, 1.82) is 0 Å². The largest absolute Gasteiger partial charge is 0.274 e. The van der Waals surface area contributed by atoms with Crippen LogP contribution in [0, 0.1) is 0 Å². The molecule has 0 unspecified atom stereocenters. The summed E-state index contributed by atoms with van der Waals surface area (Å²) < 4.78 is 3.18. The third-order valence-electron chi connectivity index (χ3n) is 3.20. The van der Waals surface area contributed by atoms with Crippen molar-refractivity contribution in [3.63, 3.8) is 0 Å². The summed E-state index contributed by atoms with van der Waals surface area (Å²) in [5.74, 6) is 0.529. The Labute approximate surface area is 125 Å². The van der Waals surface area contributed by atoms with E-state index in [2.05, 4.69) is 30.8 Å². The number of hydrazone groups is 1. The lowest BCUT2D eigenvalue weighted by molar-refractivity contribution is 0.777. The number of anilines is 1. The minimum absolute atomic E-state index is 0.529. The monoisotopic (exact) mass is 292 g/mol. The van der Waals surface area contributed by atoms with Crippen molar-refractivity contribution >= 4 is 28.6 Å². The number of fused-ring (bicyclic) bond motifs is 3. The van der Waals surface area contributed by atoms with Crippen LogP contribution in [0.4, 0.5) is 5.82 Å². The van der Waals surface area contributed by atoms with Gasteiger partial charge in [-0.05, 0) is 5.56 Å². The SMILES string of the molecule is Cn1cc2c(n1)c(N/N=C/c1ccccc1)nn1ncnc21. The highest BCUT2D eigenvalue weighted by molar-refractivity contribution is 5.97. The number of hydrogen-bond donors (Lipinski definition) is 1. The molecule has 0 bridgehead atoms. The van der Waals surface area contributed by atoms with E-state index in [1.54, 1.807) is 10.9 Å². The normalized spacial score (nSPS) is 11.7. The number of aryl methyl sites for hydroxylation is 1. The Morgan fingerprint density at radius 1 is 1.18 bits per heavy atom. The van der Waals surface area contributed by atoms with Crippen molar-refractivity contribution < 1.29 is 0 Å². The van der Waals surface area contributed by atoms with Crippen molar-refractivity contribution in [1.82, 2.24) is 29.6 Å². The van der Waals surface area contributed by atoms with Crippen molar-refractivity contribution in [3.8, 4) is 0 Å². The van der Waals surface area contributed by atoms with E-state index in [4.69, 9.17) is 0 Å². The molecule has 4 rings (SSSR count). The van der Waals surface area contributed by atoms with Crippen LogP contribution in [0.15, 0.2) is 48.0 Å². The minimum Gasteiger partial charge on any atom is -0.274 e. The van der Waals surface area contributed by atoms with Crippen molar-refractivity contribution in [2.45, 2.75) is 0 Å². The zero-order valence-corrected chi connectivity index (χ0v) is 11.7. The topological polar surface area (TPSA) is 85.3 Å². The van der Waals surface area contributed by atoms with Gasteiger partial charge in [0.05, 0.1) is 11.6 Å². The fraction of sp³-hybridized carbons (Fsp3) is 0.0714. The van der Waals surface area contributed by atoms with E-state index in [0.29, 0.717) is 17.0 Å². The lowest BCUT2D eigenvalue weighted by atomic mass is 10.2. The van der Waals surface area contributed by atoms with E-state index in [-0.39, 0.29) is 0 Å². The molecular weight excluding hydrogens is 280 g/mol. The van der Waals surface area contributed by atoms with Gasteiger partial charge in [0.25, 0.3) is 0 Å². The Balaban J connectivity index is 1.75. The molecule has 0 aliphatic heterocycles. The summed E-state index contributed by atoms with van der Waals surface area (Å²) in [6.07, 6.45) is 5.07. The first-order valence-corrected chi connectivity index (χ1v) is 6.69. The van der Waals surface area contributed by atoms with E-state index < -0.39 is 0 Å². The van der Waals surface area contributed by atoms with Gasteiger partial charge in [-0.25, -0.2) is 4.98 Å². The smallest absolute Gasteiger partial charge is 0.197 e. The third-order valence-corrected chi connectivity index (χ3v) is 3.20. The molecule has 0 saturated heterocycles. The Kier molecular flexibility index (Phi) is 2.78. The molecule has 0 atom stereocenters. The minimum atomic E-state index is 0.529. The number of hydrogen-bond acceptors (Lipinski definition) is 6. The standard InChI is InChI=1S/C14H12N8/c1-21-8-11-12(19-21)13(20-22-14(11)15-9-17-22)18-16-7-10-5-3-2-4-6-10/h2-9H,1H3,(H,18,20)/b16-7+. The Hall–Kier alpha value is -3.29. The molecule has 0 aliphatic rings. The highest BCUT2D eigenvalue weighted by Crippen LogP contribution is 2.22. The average Bonchev–Trinajstić information content (AvgIpc) is 3.13. The van der Waals surface area contributed by atoms with Gasteiger partial charge in [0, 0.05) is 13.2 Å². The van der Waals surface area contributed by atoms with E-state index in [9.17, 15) is 0 Å². The zero-order valence-electron chi connectivity index (χ0n) is 11.7. The van der Waals surface area contributed by atoms with Gasteiger partial charge in [-0.15, -0.1) is 14.8 Å². The fourth-order valence-electron chi connectivity index (χ4n) is 2.24. The van der Waals surface area contributed by atoms with Crippen LogP contribution in [0.3, 0.4) is 0 Å². The van der Waals surface area contributed by atoms with E-state index in [1.807, 2.05) is 43.6 Å². The Bertz CT molecular complexity index is 967. The average molecular weight is 292 g/mol.